The van der Waals surface area contributed by atoms with Crippen LogP contribution in [0.3, 0.4) is 0 Å². The molecule has 0 saturated carbocycles. The van der Waals surface area contributed by atoms with Gasteiger partial charge in [0.15, 0.2) is 0 Å². The summed E-state index contributed by atoms with van der Waals surface area (Å²) in [7, 11) is 0. The van der Waals surface area contributed by atoms with Crippen LogP contribution in [0.2, 0.25) is 0 Å². The first kappa shape index (κ1) is 18.8. The van der Waals surface area contributed by atoms with Crippen molar-refractivity contribution in [1.82, 2.24) is 9.80 Å². The van der Waals surface area contributed by atoms with E-state index in [-0.39, 0.29) is 30.8 Å². The van der Waals surface area contributed by atoms with Crippen molar-refractivity contribution >= 4 is 18.0 Å². The van der Waals surface area contributed by atoms with Gasteiger partial charge in [-0.05, 0) is 12.5 Å². The van der Waals surface area contributed by atoms with Gasteiger partial charge in [-0.3, -0.25) is 9.59 Å². The van der Waals surface area contributed by atoms with Gasteiger partial charge in [0.1, 0.15) is 0 Å². The zero-order valence-corrected chi connectivity index (χ0v) is 14.4. The van der Waals surface area contributed by atoms with Crippen molar-refractivity contribution in [1.29, 1.82) is 0 Å². The number of aliphatic carboxylic acids is 1. The number of carboxylic acids is 1. The Hall–Kier alpha value is -2.57. The first-order valence-electron chi connectivity index (χ1n) is 8.47. The summed E-state index contributed by atoms with van der Waals surface area (Å²) in [5, 5.41) is 9.13. The number of carbonyl (C=O) groups is 3. The van der Waals surface area contributed by atoms with Gasteiger partial charge in [-0.1, -0.05) is 30.3 Å². The molecule has 136 valence electrons. The third-order valence-corrected chi connectivity index (χ3v) is 4.27. The van der Waals surface area contributed by atoms with Crippen LogP contribution in [-0.4, -0.2) is 65.7 Å². The molecular formula is C18H24N2O5. The molecule has 0 spiro atoms. The van der Waals surface area contributed by atoms with Gasteiger partial charge in [-0.25, -0.2) is 4.79 Å². The lowest BCUT2D eigenvalue weighted by Crippen LogP contribution is -2.50. The highest BCUT2D eigenvalue weighted by Gasteiger charge is 2.27. The third kappa shape index (κ3) is 5.48. The van der Waals surface area contributed by atoms with E-state index < -0.39 is 5.97 Å². The third-order valence-electron chi connectivity index (χ3n) is 4.27. The van der Waals surface area contributed by atoms with Crippen LogP contribution in [0.15, 0.2) is 30.3 Å². The average molecular weight is 348 g/mol. The zero-order valence-electron chi connectivity index (χ0n) is 14.4. The molecule has 1 aromatic carbocycles. The first-order valence-corrected chi connectivity index (χ1v) is 8.47. The van der Waals surface area contributed by atoms with E-state index in [0.717, 1.165) is 5.56 Å². The van der Waals surface area contributed by atoms with E-state index in [1.54, 1.807) is 16.7 Å². The molecule has 1 saturated heterocycles. The van der Waals surface area contributed by atoms with Gasteiger partial charge >= 0.3 is 12.1 Å². The Morgan fingerprint density at radius 1 is 1.04 bits per heavy atom. The molecule has 2 amide bonds. The van der Waals surface area contributed by atoms with Crippen LogP contribution in [0.25, 0.3) is 0 Å². The van der Waals surface area contributed by atoms with Crippen LogP contribution in [0.4, 0.5) is 4.79 Å². The van der Waals surface area contributed by atoms with Gasteiger partial charge in [0, 0.05) is 38.5 Å². The van der Waals surface area contributed by atoms with Crippen molar-refractivity contribution in [3.8, 4) is 0 Å². The Morgan fingerprint density at radius 3 is 2.20 bits per heavy atom. The molecule has 1 unspecified atom stereocenters. The van der Waals surface area contributed by atoms with E-state index in [9.17, 15) is 14.4 Å². The van der Waals surface area contributed by atoms with Crippen LogP contribution in [0.1, 0.15) is 31.2 Å². The Morgan fingerprint density at radius 2 is 1.64 bits per heavy atom. The maximum absolute atomic E-state index is 12.6. The fourth-order valence-corrected chi connectivity index (χ4v) is 2.94. The normalized spacial score (nSPS) is 15.6. The summed E-state index contributed by atoms with van der Waals surface area (Å²) < 4.78 is 4.96. The van der Waals surface area contributed by atoms with Gasteiger partial charge in [0.05, 0.1) is 13.0 Å². The molecule has 0 radical (unpaired) electrons. The summed E-state index contributed by atoms with van der Waals surface area (Å²) in [6, 6.07) is 9.23. The number of carboxylic acid groups (broad SMARTS) is 1. The summed E-state index contributed by atoms with van der Waals surface area (Å²) in [4.78, 5) is 38.7. The highest BCUT2D eigenvalue weighted by molar-refractivity contribution is 5.79. The molecule has 1 atom stereocenters. The number of amides is 2. The molecule has 1 aromatic rings. The molecule has 1 N–H and O–H groups in total. The van der Waals surface area contributed by atoms with Crippen molar-refractivity contribution < 1.29 is 24.2 Å². The quantitative estimate of drug-likeness (QED) is 0.849. The Kier molecular flexibility index (Phi) is 6.80. The van der Waals surface area contributed by atoms with Crippen LogP contribution in [0, 0.1) is 0 Å². The maximum Gasteiger partial charge on any atom is 0.409 e. The summed E-state index contributed by atoms with van der Waals surface area (Å²) in [5.74, 6) is -1.36. The Bertz CT molecular complexity index is 597. The van der Waals surface area contributed by atoms with Gasteiger partial charge in [0.2, 0.25) is 5.91 Å². The Balaban J connectivity index is 1.93. The lowest BCUT2D eigenvalue weighted by Gasteiger charge is -2.34. The number of hydrogen-bond donors (Lipinski definition) is 1. The first-order chi connectivity index (χ1) is 12.0. The number of piperazine rings is 1. The van der Waals surface area contributed by atoms with Gasteiger partial charge < -0.3 is 19.6 Å². The highest BCUT2D eigenvalue weighted by atomic mass is 16.6. The standard InChI is InChI=1S/C18H24N2O5/c1-2-25-18(24)20-10-8-19(9-11-20)16(21)12-15(13-17(22)23)14-6-4-3-5-7-14/h3-7,15H,2,8-13H2,1H3,(H,22,23). The number of hydrogen-bond acceptors (Lipinski definition) is 4. The summed E-state index contributed by atoms with van der Waals surface area (Å²) >= 11 is 0. The number of benzene rings is 1. The van der Waals surface area contributed by atoms with Crippen LogP contribution < -0.4 is 0 Å². The van der Waals surface area contributed by atoms with Crippen LogP contribution >= 0.6 is 0 Å². The predicted molar refractivity (Wildman–Crippen MR) is 91.2 cm³/mol. The summed E-state index contributed by atoms with van der Waals surface area (Å²) in [6.07, 6.45) is -0.295. The number of carbonyl (C=O) groups excluding carboxylic acids is 2. The van der Waals surface area contributed by atoms with Gasteiger partial charge in [-0.15, -0.1) is 0 Å². The van der Waals surface area contributed by atoms with Crippen molar-refractivity contribution in [2.75, 3.05) is 32.8 Å². The average Bonchev–Trinajstić information content (AvgIpc) is 2.62. The molecule has 1 heterocycles. The van der Waals surface area contributed by atoms with E-state index in [4.69, 9.17) is 9.84 Å². The fourth-order valence-electron chi connectivity index (χ4n) is 2.94. The summed E-state index contributed by atoms with van der Waals surface area (Å²) in [5.41, 5.74) is 0.850. The van der Waals surface area contributed by atoms with E-state index in [1.165, 1.54) is 0 Å². The van der Waals surface area contributed by atoms with Crippen LogP contribution in [-0.2, 0) is 14.3 Å². The molecule has 0 aliphatic carbocycles. The Labute approximate surface area is 147 Å². The van der Waals surface area contributed by atoms with Crippen molar-refractivity contribution in [3.63, 3.8) is 0 Å². The molecule has 1 aliphatic heterocycles. The number of nitrogens with zero attached hydrogens (tertiary/aromatic N) is 2. The maximum atomic E-state index is 12.6. The second kappa shape index (κ2) is 9.05. The minimum Gasteiger partial charge on any atom is -0.481 e. The second-order valence-electron chi connectivity index (χ2n) is 5.98. The largest absolute Gasteiger partial charge is 0.481 e. The fraction of sp³-hybridized carbons (Fsp3) is 0.500. The van der Waals surface area contributed by atoms with Crippen LogP contribution in [0.5, 0.6) is 0 Å². The van der Waals surface area contributed by atoms with Crippen molar-refractivity contribution in [2.24, 2.45) is 0 Å². The topological polar surface area (TPSA) is 87.2 Å². The van der Waals surface area contributed by atoms with E-state index in [1.807, 2.05) is 30.3 Å². The van der Waals surface area contributed by atoms with Gasteiger partial charge in [0.25, 0.3) is 0 Å². The minimum absolute atomic E-state index is 0.0846. The lowest BCUT2D eigenvalue weighted by atomic mass is 9.92. The summed E-state index contributed by atoms with van der Waals surface area (Å²) in [6.45, 7) is 3.81. The zero-order chi connectivity index (χ0) is 18.2. The molecule has 7 heteroatoms. The monoisotopic (exact) mass is 348 g/mol. The molecule has 1 aliphatic rings. The van der Waals surface area contributed by atoms with E-state index in [2.05, 4.69) is 0 Å². The van der Waals surface area contributed by atoms with Gasteiger partial charge in [-0.2, -0.15) is 0 Å². The number of rotatable bonds is 6. The second-order valence-corrected chi connectivity index (χ2v) is 5.98. The lowest BCUT2D eigenvalue weighted by molar-refractivity contribution is -0.138. The molecular weight excluding hydrogens is 324 g/mol. The molecule has 25 heavy (non-hydrogen) atoms. The number of ether oxygens (including phenoxy) is 1. The molecule has 0 bridgehead atoms. The minimum atomic E-state index is -0.922. The molecule has 7 nitrogen and oxygen atoms in total. The molecule has 1 fully saturated rings. The van der Waals surface area contributed by atoms with E-state index in [0.29, 0.717) is 32.8 Å². The predicted octanol–water partition coefficient (Wildman–Crippen LogP) is 1.94. The smallest absolute Gasteiger partial charge is 0.409 e. The van der Waals surface area contributed by atoms with Crippen molar-refractivity contribution in [2.45, 2.75) is 25.7 Å². The van der Waals surface area contributed by atoms with E-state index >= 15 is 0 Å². The highest BCUT2D eigenvalue weighted by Crippen LogP contribution is 2.24. The SMILES string of the molecule is CCOC(=O)N1CCN(C(=O)CC(CC(=O)O)c2ccccc2)CC1. The molecule has 0 aromatic heterocycles. The van der Waals surface area contributed by atoms with Crippen molar-refractivity contribution in [3.05, 3.63) is 35.9 Å². The molecule has 2 rings (SSSR count).